The second kappa shape index (κ2) is 4.61. The molecule has 0 aliphatic heterocycles. The van der Waals surface area contributed by atoms with Gasteiger partial charge in [0.2, 0.25) is 0 Å². The molecule has 0 unspecified atom stereocenters. The van der Waals surface area contributed by atoms with Crippen LogP contribution in [0.3, 0.4) is 0 Å². The Hall–Kier alpha value is -1.82. The number of hydrogen-bond acceptors (Lipinski definition) is 5. The van der Waals surface area contributed by atoms with Crippen molar-refractivity contribution >= 4 is 0 Å². The van der Waals surface area contributed by atoms with Gasteiger partial charge in [-0.25, -0.2) is 0 Å². The molecule has 2 aromatic rings. The van der Waals surface area contributed by atoms with E-state index in [1.54, 1.807) is 10.9 Å². The molecule has 0 radical (unpaired) electrons. The summed E-state index contributed by atoms with van der Waals surface area (Å²) >= 11 is 0. The molecule has 0 saturated heterocycles. The summed E-state index contributed by atoms with van der Waals surface area (Å²) in [6.07, 6.45) is 3.54. The van der Waals surface area contributed by atoms with E-state index < -0.39 is 0 Å². The van der Waals surface area contributed by atoms with Crippen molar-refractivity contribution in [2.24, 2.45) is 7.05 Å². The molecule has 0 amide bonds. The lowest BCUT2D eigenvalue weighted by molar-refractivity contribution is 0.655. The van der Waals surface area contributed by atoms with E-state index in [0.717, 1.165) is 11.4 Å². The molecular weight excluding hydrogens is 192 g/mol. The molecule has 2 rings (SSSR count). The van der Waals surface area contributed by atoms with Crippen molar-refractivity contribution in [3.8, 4) is 0 Å². The summed E-state index contributed by atoms with van der Waals surface area (Å²) in [4.78, 5) is 0. The molecule has 6 heteroatoms. The Kier molecular flexibility index (Phi) is 2.99. The number of hydrogen-bond donors (Lipinski definition) is 1. The molecule has 1 N–H and O–H groups in total. The van der Waals surface area contributed by atoms with Crippen molar-refractivity contribution < 1.29 is 0 Å². The van der Waals surface area contributed by atoms with Crippen LogP contribution in [0.15, 0.2) is 24.5 Å². The molecule has 0 aliphatic rings. The van der Waals surface area contributed by atoms with Gasteiger partial charge >= 0.3 is 0 Å². The van der Waals surface area contributed by atoms with Crippen LogP contribution in [0.1, 0.15) is 11.4 Å². The van der Waals surface area contributed by atoms with Gasteiger partial charge in [-0.1, -0.05) is 5.21 Å². The number of rotatable bonds is 4. The van der Waals surface area contributed by atoms with Crippen molar-refractivity contribution in [1.29, 1.82) is 0 Å². The van der Waals surface area contributed by atoms with Crippen molar-refractivity contribution in [1.82, 2.24) is 30.5 Å². The molecule has 0 atom stereocenters. The van der Waals surface area contributed by atoms with Crippen LogP contribution < -0.4 is 5.32 Å². The molecule has 15 heavy (non-hydrogen) atoms. The SMILES string of the molecule is Cn1cc(CNCc2cccnn2)nn1. The largest absolute Gasteiger partial charge is 0.305 e. The van der Waals surface area contributed by atoms with Crippen LogP contribution in [-0.4, -0.2) is 25.2 Å². The third-order valence-corrected chi connectivity index (χ3v) is 1.89. The van der Waals surface area contributed by atoms with Crippen molar-refractivity contribution in [3.63, 3.8) is 0 Å². The van der Waals surface area contributed by atoms with Gasteiger partial charge in [-0.2, -0.15) is 10.2 Å². The molecule has 0 aliphatic carbocycles. The Morgan fingerprint density at radius 3 is 2.80 bits per heavy atom. The van der Waals surface area contributed by atoms with Crippen molar-refractivity contribution in [2.75, 3.05) is 0 Å². The average Bonchev–Trinajstić information content (AvgIpc) is 2.66. The van der Waals surface area contributed by atoms with Gasteiger partial charge in [0.25, 0.3) is 0 Å². The number of aryl methyl sites for hydroxylation is 1. The molecule has 6 nitrogen and oxygen atoms in total. The first-order chi connectivity index (χ1) is 7.34. The quantitative estimate of drug-likeness (QED) is 0.753. The maximum absolute atomic E-state index is 3.96. The Morgan fingerprint density at radius 2 is 2.13 bits per heavy atom. The van der Waals surface area contributed by atoms with E-state index in [2.05, 4.69) is 25.8 Å². The Bertz CT molecular complexity index is 410. The van der Waals surface area contributed by atoms with Gasteiger partial charge in [0.05, 0.1) is 11.4 Å². The Labute approximate surface area is 87.3 Å². The predicted molar refractivity (Wildman–Crippen MR) is 53.6 cm³/mol. The number of aromatic nitrogens is 5. The van der Waals surface area contributed by atoms with Crippen molar-refractivity contribution in [2.45, 2.75) is 13.1 Å². The highest BCUT2D eigenvalue weighted by Crippen LogP contribution is 1.93. The standard InChI is InChI=1S/C9H12N6/c1-15-7-9(13-14-15)6-10-5-8-3-2-4-11-12-8/h2-4,7,10H,5-6H2,1H3. The summed E-state index contributed by atoms with van der Waals surface area (Å²) in [5.74, 6) is 0. The van der Waals surface area contributed by atoms with Gasteiger partial charge in [-0.3, -0.25) is 4.68 Å². The minimum atomic E-state index is 0.685. The zero-order chi connectivity index (χ0) is 10.5. The zero-order valence-corrected chi connectivity index (χ0v) is 8.46. The lowest BCUT2D eigenvalue weighted by Crippen LogP contribution is -2.14. The molecular formula is C9H12N6. The van der Waals surface area contributed by atoms with Gasteiger partial charge < -0.3 is 5.32 Å². The first-order valence-corrected chi connectivity index (χ1v) is 4.67. The lowest BCUT2D eigenvalue weighted by Gasteiger charge is -1.99. The van der Waals surface area contributed by atoms with E-state index in [0.29, 0.717) is 13.1 Å². The second-order valence-electron chi connectivity index (χ2n) is 3.20. The minimum absolute atomic E-state index is 0.685. The third kappa shape index (κ3) is 2.81. The summed E-state index contributed by atoms with van der Waals surface area (Å²) in [6.45, 7) is 1.37. The van der Waals surface area contributed by atoms with Gasteiger partial charge in [-0.05, 0) is 12.1 Å². The van der Waals surface area contributed by atoms with E-state index in [9.17, 15) is 0 Å². The first-order valence-electron chi connectivity index (χ1n) is 4.67. The molecule has 0 bridgehead atoms. The van der Waals surface area contributed by atoms with E-state index in [1.165, 1.54) is 0 Å². The molecule has 2 heterocycles. The summed E-state index contributed by atoms with van der Waals surface area (Å²) in [5, 5.41) is 18.8. The lowest BCUT2D eigenvalue weighted by atomic mass is 10.4. The number of nitrogens with one attached hydrogen (secondary N) is 1. The first kappa shape index (κ1) is 9.72. The summed E-state index contributed by atoms with van der Waals surface area (Å²) < 4.78 is 1.68. The highest BCUT2D eigenvalue weighted by molar-refractivity contribution is 4.99. The van der Waals surface area contributed by atoms with Crippen molar-refractivity contribution in [3.05, 3.63) is 35.9 Å². The van der Waals surface area contributed by atoms with E-state index >= 15 is 0 Å². The van der Waals surface area contributed by atoms with Crippen LogP contribution in [0.5, 0.6) is 0 Å². The van der Waals surface area contributed by atoms with Crippen LogP contribution in [0.2, 0.25) is 0 Å². The molecule has 0 fully saturated rings. The maximum Gasteiger partial charge on any atom is 0.0964 e. The predicted octanol–water partition coefficient (Wildman–Crippen LogP) is -0.105. The fraction of sp³-hybridized carbons (Fsp3) is 0.333. The van der Waals surface area contributed by atoms with Crippen LogP contribution in [0.25, 0.3) is 0 Å². The summed E-state index contributed by atoms with van der Waals surface area (Å²) in [7, 11) is 1.85. The molecule has 0 aromatic carbocycles. The smallest absolute Gasteiger partial charge is 0.0964 e. The molecule has 0 spiro atoms. The topological polar surface area (TPSA) is 68.5 Å². The van der Waals surface area contributed by atoms with E-state index in [-0.39, 0.29) is 0 Å². The van der Waals surface area contributed by atoms with E-state index in [1.807, 2.05) is 25.4 Å². The Morgan fingerprint density at radius 1 is 1.27 bits per heavy atom. The fourth-order valence-electron chi connectivity index (χ4n) is 1.22. The summed E-state index contributed by atoms with van der Waals surface area (Å²) in [5.41, 5.74) is 1.84. The third-order valence-electron chi connectivity index (χ3n) is 1.89. The minimum Gasteiger partial charge on any atom is -0.305 e. The van der Waals surface area contributed by atoms with Gasteiger partial charge in [0.15, 0.2) is 0 Å². The molecule has 78 valence electrons. The second-order valence-corrected chi connectivity index (χ2v) is 3.20. The molecule has 0 saturated carbocycles. The van der Waals surface area contributed by atoms with E-state index in [4.69, 9.17) is 0 Å². The highest BCUT2D eigenvalue weighted by Gasteiger charge is 1.98. The van der Waals surface area contributed by atoms with Gasteiger partial charge in [-0.15, -0.1) is 5.10 Å². The highest BCUT2D eigenvalue weighted by atomic mass is 15.4. The normalized spacial score (nSPS) is 10.5. The van der Waals surface area contributed by atoms with Gasteiger partial charge in [0, 0.05) is 32.5 Å². The van der Waals surface area contributed by atoms with Crippen LogP contribution in [0.4, 0.5) is 0 Å². The average molecular weight is 204 g/mol. The Balaban J connectivity index is 1.80. The monoisotopic (exact) mass is 204 g/mol. The zero-order valence-electron chi connectivity index (χ0n) is 8.46. The van der Waals surface area contributed by atoms with Crippen LogP contribution in [-0.2, 0) is 20.1 Å². The number of nitrogens with zero attached hydrogens (tertiary/aromatic N) is 5. The fourth-order valence-corrected chi connectivity index (χ4v) is 1.22. The maximum atomic E-state index is 3.96. The van der Waals surface area contributed by atoms with Crippen LogP contribution in [0, 0.1) is 0 Å². The summed E-state index contributed by atoms with van der Waals surface area (Å²) in [6, 6.07) is 3.79. The van der Waals surface area contributed by atoms with Crippen LogP contribution >= 0.6 is 0 Å². The molecule has 2 aromatic heterocycles. The van der Waals surface area contributed by atoms with Gasteiger partial charge in [0.1, 0.15) is 0 Å².